The lowest BCUT2D eigenvalue weighted by Crippen LogP contribution is -2.62. The first-order chi connectivity index (χ1) is 7.04. The standard InChI is InChI=1S/C13H20N2/c1-13(2,3)14-11-9-15(10-11)12-7-5-4-6-8-12/h4-8,11,14H,9-10H2,1-3H3. The molecule has 1 aromatic rings. The number of rotatable bonds is 2. The predicted molar refractivity (Wildman–Crippen MR) is 65.3 cm³/mol. The van der Waals surface area contributed by atoms with E-state index in [0.717, 1.165) is 13.1 Å². The van der Waals surface area contributed by atoms with Crippen LogP contribution in [0.2, 0.25) is 0 Å². The maximum absolute atomic E-state index is 3.61. The molecule has 0 saturated carbocycles. The highest BCUT2D eigenvalue weighted by atomic mass is 15.3. The lowest BCUT2D eigenvalue weighted by atomic mass is 10.0. The Labute approximate surface area is 92.3 Å². The molecule has 2 heteroatoms. The number of hydrogen-bond acceptors (Lipinski definition) is 2. The molecule has 2 rings (SSSR count). The molecule has 1 aliphatic rings. The Hall–Kier alpha value is -1.02. The number of nitrogens with zero attached hydrogens (tertiary/aromatic N) is 1. The third-order valence-electron chi connectivity index (χ3n) is 2.64. The normalized spacial score (nSPS) is 17.7. The number of hydrogen-bond donors (Lipinski definition) is 1. The molecule has 2 nitrogen and oxygen atoms in total. The quantitative estimate of drug-likeness (QED) is 0.795. The first-order valence-electron chi connectivity index (χ1n) is 5.62. The molecular formula is C13H20N2. The van der Waals surface area contributed by atoms with Gasteiger partial charge in [-0.3, -0.25) is 0 Å². The zero-order valence-corrected chi connectivity index (χ0v) is 9.83. The van der Waals surface area contributed by atoms with E-state index in [-0.39, 0.29) is 5.54 Å². The van der Waals surface area contributed by atoms with Crippen LogP contribution in [0.15, 0.2) is 30.3 Å². The lowest BCUT2D eigenvalue weighted by molar-refractivity contribution is 0.316. The van der Waals surface area contributed by atoms with Crippen LogP contribution in [0.4, 0.5) is 5.69 Å². The van der Waals surface area contributed by atoms with E-state index in [1.807, 2.05) is 0 Å². The van der Waals surface area contributed by atoms with Gasteiger partial charge in [-0.05, 0) is 32.9 Å². The summed E-state index contributed by atoms with van der Waals surface area (Å²) in [6.07, 6.45) is 0. The van der Waals surface area contributed by atoms with Crippen LogP contribution in [0.25, 0.3) is 0 Å². The number of para-hydroxylation sites is 1. The first kappa shape index (κ1) is 10.5. The molecule has 0 radical (unpaired) electrons. The predicted octanol–water partition coefficient (Wildman–Crippen LogP) is 2.26. The van der Waals surface area contributed by atoms with Crippen molar-refractivity contribution in [1.82, 2.24) is 5.32 Å². The molecule has 0 bridgehead atoms. The molecular weight excluding hydrogens is 184 g/mol. The smallest absolute Gasteiger partial charge is 0.0424 e. The van der Waals surface area contributed by atoms with E-state index in [0.29, 0.717) is 6.04 Å². The van der Waals surface area contributed by atoms with Crippen molar-refractivity contribution in [3.8, 4) is 0 Å². The number of benzene rings is 1. The SMILES string of the molecule is CC(C)(C)NC1CN(c2ccccc2)C1. The van der Waals surface area contributed by atoms with Gasteiger partial charge in [-0.15, -0.1) is 0 Å². The summed E-state index contributed by atoms with van der Waals surface area (Å²) in [7, 11) is 0. The summed E-state index contributed by atoms with van der Waals surface area (Å²) in [6.45, 7) is 8.91. The maximum atomic E-state index is 3.61. The minimum absolute atomic E-state index is 0.230. The summed E-state index contributed by atoms with van der Waals surface area (Å²) >= 11 is 0. The average Bonchev–Trinajstić information content (AvgIpc) is 2.11. The van der Waals surface area contributed by atoms with Crippen LogP contribution in [0.5, 0.6) is 0 Å². The molecule has 1 N–H and O–H groups in total. The minimum Gasteiger partial charge on any atom is -0.368 e. The summed E-state index contributed by atoms with van der Waals surface area (Å²) < 4.78 is 0. The Balaban J connectivity index is 1.84. The van der Waals surface area contributed by atoms with E-state index in [4.69, 9.17) is 0 Å². The average molecular weight is 204 g/mol. The van der Waals surface area contributed by atoms with Crippen molar-refractivity contribution in [2.75, 3.05) is 18.0 Å². The summed E-state index contributed by atoms with van der Waals surface area (Å²) in [5, 5.41) is 3.61. The van der Waals surface area contributed by atoms with Crippen LogP contribution >= 0.6 is 0 Å². The highest BCUT2D eigenvalue weighted by Gasteiger charge is 2.29. The molecule has 1 heterocycles. The summed E-state index contributed by atoms with van der Waals surface area (Å²) in [5.74, 6) is 0. The second-order valence-corrected chi connectivity index (χ2v) is 5.33. The molecule has 0 atom stereocenters. The van der Waals surface area contributed by atoms with Crippen LogP contribution in [-0.4, -0.2) is 24.7 Å². The highest BCUT2D eigenvalue weighted by Crippen LogP contribution is 2.21. The Morgan fingerprint density at radius 3 is 2.27 bits per heavy atom. The van der Waals surface area contributed by atoms with Gasteiger partial charge in [0, 0.05) is 30.4 Å². The topological polar surface area (TPSA) is 15.3 Å². The van der Waals surface area contributed by atoms with Crippen molar-refractivity contribution in [3.05, 3.63) is 30.3 Å². The second-order valence-electron chi connectivity index (χ2n) is 5.33. The number of anilines is 1. The molecule has 1 saturated heterocycles. The fourth-order valence-corrected chi connectivity index (χ4v) is 2.03. The largest absolute Gasteiger partial charge is 0.368 e. The molecule has 1 aromatic carbocycles. The van der Waals surface area contributed by atoms with Gasteiger partial charge in [0.2, 0.25) is 0 Å². The van der Waals surface area contributed by atoms with E-state index < -0.39 is 0 Å². The van der Waals surface area contributed by atoms with E-state index in [9.17, 15) is 0 Å². The van der Waals surface area contributed by atoms with Crippen LogP contribution in [0, 0.1) is 0 Å². The Morgan fingerprint density at radius 1 is 1.13 bits per heavy atom. The zero-order valence-electron chi connectivity index (χ0n) is 9.83. The van der Waals surface area contributed by atoms with Crippen molar-refractivity contribution < 1.29 is 0 Å². The molecule has 0 unspecified atom stereocenters. The fourth-order valence-electron chi connectivity index (χ4n) is 2.03. The first-order valence-corrected chi connectivity index (χ1v) is 5.62. The van der Waals surface area contributed by atoms with E-state index >= 15 is 0 Å². The monoisotopic (exact) mass is 204 g/mol. The van der Waals surface area contributed by atoms with Gasteiger partial charge in [-0.25, -0.2) is 0 Å². The van der Waals surface area contributed by atoms with Crippen molar-refractivity contribution in [1.29, 1.82) is 0 Å². The zero-order chi connectivity index (χ0) is 10.9. The Kier molecular flexibility index (Phi) is 2.70. The van der Waals surface area contributed by atoms with Gasteiger partial charge < -0.3 is 10.2 Å². The molecule has 0 spiro atoms. The highest BCUT2D eigenvalue weighted by molar-refractivity contribution is 5.49. The molecule has 0 amide bonds. The van der Waals surface area contributed by atoms with Gasteiger partial charge >= 0.3 is 0 Å². The van der Waals surface area contributed by atoms with E-state index in [1.54, 1.807) is 0 Å². The summed E-state index contributed by atoms with van der Waals surface area (Å²) in [4.78, 5) is 2.41. The van der Waals surface area contributed by atoms with Crippen molar-refractivity contribution >= 4 is 5.69 Å². The summed E-state index contributed by atoms with van der Waals surface area (Å²) in [5.41, 5.74) is 1.57. The summed E-state index contributed by atoms with van der Waals surface area (Å²) in [6, 6.07) is 11.2. The van der Waals surface area contributed by atoms with Crippen LogP contribution < -0.4 is 10.2 Å². The van der Waals surface area contributed by atoms with Crippen molar-refractivity contribution in [2.45, 2.75) is 32.4 Å². The van der Waals surface area contributed by atoms with Gasteiger partial charge in [0.25, 0.3) is 0 Å². The fraction of sp³-hybridized carbons (Fsp3) is 0.538. The van der Waals surface area contributed by atoms with Crippen molar-refractivity contribution in [2.24, 2.45) is 0 Å². The molecule has 15 heavy (non-hydrogen) atoms. The van der Waals surface area contributed by atoms with Gasteiger partial charge in [0.15, 0.2) is 0 Å². The third-order valence-corrected chi connectivity index (χ3v) is 2.64. The minimum atomic E-state index is 0.230. The van der Waals surface area contributed by atoms with Crippen molar-refractivity contribution in [3.63, 3.8) is 0 Å². The van der Waals surface area contributed by atoms with E-state index in [2.05, 4.69) is 61.3 Å². The van der Waals surface area contributed by atoms with Crippen LogP contribution in [0.1, 0.15) is 20.8 Å². The molecule has 0 aromatic heterocycles. The van der Waals surface area contributed by atoms with Gasteiger partial charge in [0.05, 0.1) is 0 Å². The molecule has 1 fully saturated rings. The maximum Gasteiger partial charge on any atom is 0.0424 e. The molecule has 82 valence electrons. The van der Waals surface area contributed by atoms with Gasteiger partial charge in [-0.1, -0.05) is 18.2 Å². The lowest BCUT2D eigenvalue weighted by Gasteiger charge is -2.44. The Morgan fingerprint density at radius 2 is 1.73 bits per heavy atom. The second kappa shape index (κ2) is 3.86. The molecule has 0 aliphatic carbocycles. The van der Waals surface area contributed by atoms with E-state index in [1.165, 1.54) is 5.69 Å². The Bertz CT molecular complexity index is 307. The van der Waals surface area contributed by atoms with Gasteiger partial charge in [0.1, 0.15) is 0 Å². The number of nitrogens with one attached hydrogen (secondary N) is 1. The third kappa shape index (κ3) is 2.72. The van der Waals surface area contributed by atoms with Gasteiger partial charge in [-0.2, -0.15) is 0 Å². The molecule has 1 aliphatic heterocycles. The van der Waals surface area contributed by atoms with Crippen LogP contribution in [0.3, 0.4) is 0 Å². The van der Waals surface area contributed by atoms with Crippen LogP contribution in [-0.2, 0) is 0 Å².